The molecule has 3 N–H and O–H groups in total. The van der Waals surface area contributed by atoms with Gasteiger partial charge in [-0.25, -0.2) is 9.13 Å². The molecule has 0 heterocycles. The van der Waals surface area contributed by atoms with Gasteiger partial charge in [-0.1, -0.05) is 465 Å². The molecule has 19 heteroatoms. The summed E-state index contributed by atoms with van der Waals surface area (Å²) in [4.78, 5) is 73.5. The van der Waals surface area contributed by atoms with Gasteiger partial charge in [0.2, 0.25) is 0 Å². The molecule has 0 saturated heterocycles. The predicted molar refractivity (Wildman–Crippen MR) is 469 cm³/mol. The van der Waals surface area contributed by atoms with Crippen molar-refractivity contribution in [2.45, 2.75) is 534 Å². The first kappa shape index (κ1) is 111. The molecule has 17 nitrogen and oxygen atoms in total. The molecule has 0 radical (unpaired) electrons. The first-order valence-electron chi connectivity index (χ1n) is 48.7. The zero-order valence-electron chi connectivity index (χ0n) is 74.5. The molecular formula is C94H184O17P2. The molecular weight excluding hydrogens is 1460 g/mol. The Kier molecular flexibility index (Phi) is 85.0. The van der Waals surface area contributed by atoms with Crippen molar-refractivity contribution in [1.29, 1.82) is 0 Å². The van der Waals surface area contributed by atoms with Gasteiger partial charge in [0.1, 0.15) is 19.3 Å². The number of hydrogen-bond acceptors (Lipinski definition) is 15. The van der Waals surface area contributed by atoms with Gasteiger partial charge in [0, 0.05) is 25.7 Å². The number of phosphoric acid groups is 2. The Balaban J connectivity index is 5.20. The summed E-state index contributed by atoms with van der Waals surface area (Å²) in [5.74, 6) is -1.22. The second kappa shape index (κ2) is 86.4. The summed E-state index contributed by atoms with van der Waals surface area (Å²) < 4.78 is 69.1. The van der Waals surface area contributed by atoms with Gasteiger partial charge in [0.15, 0.2) is 12.2 Å². The van der Waals surface area contributed by atoms with Crippen LogP contribution in [0.2, 0.25) is 0 Å². The number of esters is 4. The summed E-state index contributed by atoms with van der Waals surface area (Å²) in [5.41, 5.74) is 0. The number of ether oxygens (including phenoxy) is 4. The second-order valence-corrected chi connectivity index (χ2v) is 36.9. The van der Waals surface area contributed by atoms with E-state index in [2.05, 4.69) is 34.6 Å². The fourth-order valence-corrected chi connectivity index (χ4v) is 16.4. The number of carbonyl (C=O) groups excluding carboxylic acids is 4. The molecule has 0 saturated carbocycles. The smallest absolute Gasteiger partial charge is 0.462 e. The quantitative estimate of drug-likeness (QED) is 0.0222. The first-order chi connectivity index (χ1) is 55.1. The lowest BCUT2D eigenvalue weighted by molar-refractivity contribution is -0.161. The number of aliphatic hydroxyl groups excluding tert-OH is 1. The summed E-state index contributed by atoms with van der Waals surface area (Å²) in [6, 6.07) is 0. The maximum atomic E-state index is 13.2. The molecule has 672 valence electrons. The van der Waals surface area contributed by atoms with E-state index in [1.54, 1.807) is 0 Å². The van der Waals surface area contributed by atoms with Crippen LogP contribution in [0.25, 0.3) is 0 Å². The SMILES string of the molecule is CCCCCCCCCCCCCCCCCCCCCCCC(=O)OC[C@H](COP(=O)(O)OC[C@@H](O)COP(=O)(O)OC[C@@H](COC(=O)CCCCCCCCCCCC)OC(=O)CCCCCCCCCCCCCCCCCCCCCC)OC(=O)CCCCCCCCCCCCCCCCCCCCC(C)CC. The van der Waals surface area contributed by atoms with Crippen molar-refractivity contribution in [1.82, 2.24) is 0 Å². The number of unbranched alkanes of at least 4 members (excludes halogenated alkanes) is 65. The van der Waals surface area contributed by atoms with E-state index in [1.165, 1.54) is 340 Å². The van der Waals surface area contributed by atoms with Crippen LogP contribution in [0.15, 0.2) is 0 Å². The zero-order valence-corrected chi connectivity index (χ0v) is 76.3. The van der Waals surface area contributed by atoms with Crippen molar-refractivity contribution in [3.8, 4) is 0 Å². The number of rotatable bonds is 94. The van der Waals surface area contributed by atoms with Gasteiger partial charge in [-0.2, -0.15) is 0 Å². The van der Waals surface area contributed by atoms with Crippen molar-refractivity contribution < 1.29 is 80.2 Å². The number of aliphatic hydroxyl groups is 1. The van der Waals surface area contributed by atoms with Crippen LogP contribution < -0.4 is 0 Å². The summed E-state index contributed by atoms with van der Waals surface area (Å²) in [6.07, 6.45) is 83.5. The molecule has 0 aliphatic rings. The third kappa shape index (κ3) is 86.3. The second-order valence-electron chi connectivity index (χ2n) is 34.0. The molecule has 0 amide bonds. The molecule has 113 heavy (non-hydrogen) atoms. The summed E-state index contributed by atoms with van der Waals surface area (Å²) in [5, 5.41) is 10.7. The van der Waals surface area contributed by atoms with Crippen LogP contribution in [0.3, 0.4) is 0 Å². The Hall–Kier alpha value is -1.94. The van der Waals surface area contributed by atoms with Crippen LogP contribution in [0, 0.1) is 5.92 Å². The summed E-state index contributed by atoms with van der Waals surface area (Å²) in [7, 11) is -9.94. The van der Waals surface area contributed by atoms with Crippen LogP contribution >= 0.6 is 15.6 Å². The monoisotopic (exact) mass is 1650 g/mol. The number of hydrogen-bond donors (Lipinski definition) is 3. The highest BCUT2D eigenvalue weighted by atomic mass is 31.2. The Morgan fingerprint density at radius 1 is 0.248 bits per heavy atom. The van der Waals surface area contributed by atoms with E-state index in [-0.39, 0.29) is 25.7 Å². The third-order valence-electron chi connectivity index (χ3n) is 22.6. The Labute approximate surface area is 696 Å². The van der Waals surface area contributed by atoms with Gasteiger partial charge in [-0.15, -0.1) is 0 Å². The van der Waals surface area contributed by atoms with E-state index in [1.807, 2.05) is 0 Å². The van der Waals surface area contributed by atoms with Gasteiger partial charge in [-0.3, -0.25) is 37.3 Å². The molecule has 0 spiro atoms. The number of carbonyl (C=O) groups is 4. The Morgan fingerprint density at radius 2 is 0.425 bits per heavy atom. The van der Waals surface area contributed by atoms with Gasteiger partial charge in [0.05, 0.1) is 26.4 Å². The fraction of sp³-hybridized carbons (Fsp3) is 0.957. The minimum atomic E-state index is -4.97. The Bertz CT molecular complexity index is 2140. The van der Waals surface area contributed by atoms with Crippen LogP contribution in [0.1, 0.15) is 516 Å². The average molecular weight is 1650 g/mol. The van der Waals surface area contributed by atoms with E-state index >= 15 is 0 Å². The van der Waals surface area contributed by atoms with E-state index in [0.717, 1.165) is 95.8 Å². The lowest BCUT2D eigenvalue weighted by atomic mass is 9.99. The molecule has 0 rings (SSSR count). The van der Waals surface area contributed by atoms with Crippen molar-refractivity contribution in [3.05, 3.63) is 0 Å². The molecule has 3 unspecified atom stereocenters. The van der Waals surface area contributed by atoms with Crippen molar-refractivity contribution in [3.63, 3.8) is 0 Å². The molecule has 0 fully saturated rings. The highest BCUT2D eigenvalue weighted by molar-refractivity contribution is 7.47. The fourth-order valence-electron chi connectivity index (χ4n) is 14.9. The van der Waals surface area contributed by atoms with Crippen LogP contribution in [-0.4, -0.2) is 96.7 Å². The maximum absolute atomic E-state index is 13.2. The van der Waals surface area contributed by atoms with E-state index in [4.69, 9.17) is 37.0 Å². The van der Waals surface area contributed by atoms with Crippen molar-refractivity contribution in [2.24, 2.45) is 5.92 Å². The summed E-state index contributed by atoms with van der Waals surface area (Å²) in [6.45, 7) is 7.47. The van der Waals surface area contributed by atoms with Gasteiger partial charge in [-0.05, 0) is 31.6 Å². The normalized spacial score (nSPS) is 13.9. The van der Waals surface area contributed by atoms with Gasteiger partial charge < -0.3 is 33.8 Å². The largest absolute Gasteiger partial charge is 0.472 e. The highest BCUT2D eigenvalue weighted by Gasteiger charge is 2.31. The van der Waals surface area contributed by atoms with E-state index in [0.29, 0.717) is 25.7 Å². The predicted octanol–water partition coefficient (Wildman–Crippen LogP) is 29.5. The Morgan fingerprint density at radius 3 is 0.628 bits per heavy atom. The molecule has 0 aliphatic heterocycles. The highest BCUT2D eigenvalue weighted by Crippen LogP contribution is 2.45. The van der Waals surface area contributed by atoms with Gasteiger partial charge in [0.25, 0.3) is 0 Å². The van der Waals surface area contributed by atoms with Crippen LogP contribution in [0.5, 0.6) is 0 Å². The van der Waals surface area contributed by atoms with Crippen LogP contribution in [-0.2, 0) is 65.4 Å². The van der Waals surface area contributed by atoms with Crippen molar-refractivity contribution in [2.75, 3.05) is 39.6 Å². The van der Waals surface area contributed by atoms with E-state index < -0.39 is 97.5 Å². The van der Waals surface area contributed by atoms with E-state index in [9.17, 15) is 43.2 Å². The first-order valence-corrected chi connectivity index (χ1v) is 51.7. The molecule has 0 aliphatic carbocycles. The minimum Gasteiger partial charge on any atom is -0.462 e. The molecule has 0 aromatic heterocycles. The molecule has 0 aromatic rings. The van der Waals surface area contributed by atoms with Crippen LogP contribution in [0.4, 0.5) is 0 Å². The molecule has 0 bridgehead atoms. The summed E-state index contributed by atoms with van der Waals surface area (Å²) >= 11 is 0. The standard InChI is InChI=1S/C94H184O17P2/c1-6-10-13-16-19-22-25-27-29-31-33-35-37-41-45-49-53-58-63-68-73-78-92(97)105-84-90(111-94(99)80-75-70-65-60-55-51-47-43-39-38-40-44-48-52-56-61-66-71-76-87(5)9-4)86-109-113(102,103)107-82-88(95)81-106-112(100,101)108-85-89(83-104-91(96)77-72-67-62-57-24-21-18-15-12-8-3)110-93(98)79-74-69-64-59-54-50-46-42-36-34-32-30-28-26-23-20-17-14-11-7-2/h87-90,95H,6-86H2,1-5H3,(H,100,101)(H,102,103)/t87?,88-,89+,90+/m0/s1. The molecule has 6 atom stereocenters. The van der Waals surface area contributed by atoms with Gasteiger partial charge >= 0.3 is 39.5 Å². The minimum absolute atomic E-state index is 0.110. The zero-order chi connectivity index (χ0) is 82.6. The maximum Gasteiger partial charge on any atom is 0.472 e. The lowest BCUT2D eigenvalue weighted by Gasteiger charge is -2.21. The molecule has 0 aromatic carbocycles. The van der Waals surface area contributed by atoms with Crippen molar-refractivity contribution >= 4 is 39.5 Å². The lowest BCUT2D eigenvalue weighted by Crippen LogP contribution is -2.30. The third-order valence-corrected chi connectivity index (χ3v) is 24.5. The topological polar surface area (TPSA) is 237 Å². The average Bonchev–Trinajstić information content (AvgIpc) is 0.904. The number of phosphoric ester groups is 2.